The van der Waals surface area contributed by atoms with Gasteiger partial charge in [0, 0.05) is 18.3 Å². The number of carbonyl (C=O) groups is 1. The molecule has 0 fully saturated rings. The highest BCUT2D eigenvalue weighted by Crippen LogP contribution is 2.14. The second kappa shape index (κ2) is 2.57. The predicted octanol–water partition coefficient (Wildman–Crippen LogP) is 1.32. The summed E-state index contributed by atoms with van der Waals surface area (Å²) < 4.78 is 0. The van der Waals surface area contributed by atoms with E-state index in [-0.39, 0.29) is 11.6 Å². The molecule has 3 heteroatoms. The average molecular weight is 154 g/mol. The van der Waals surface area contributed by atoms with Crippen LogP contribution in [0.4, 0.5) is 4.79 Å². The molecule has 1 rings (SSSR count). The smallest absolute Gasteiger partial charge is 0.316 e. The van der Waals surface area contributed by atoms with Crippen molar-refractivity contribution in [2.24, 2.45) is 0 Å². The highest BCUT2D eigenvalue weighted by molar-refractivity contribution is 5.77. The maximum atomic E-state index is 11.2. The molecule has 0 saturated carbocycles. The molecular weight excluding hydrogens is 140 g/mol. The lowest BCUT2D eigenvalue weighted by Gasteiger charge is -2.36. The minimum atomic E-state index is -0.0884. The number of carbonyl (C=O) groups excluding carboxylic acids is 1. The van der Waals surface area contributed by atoms with Crippen molar-refractivity contribution in [2.45, 2.75) is 26.3 Å². The molecule has 0 bridgehead atoms. The van der Waals surface area contributed by atoms with Gasteiger partial charge in [0.25, 0.3) is 0 Å². The van der Waals surface area contributed by atoms with Crippen LogP contribution in [0.25, 0.3) is 0 Å². The van der Waals surface area contributed by atoms with Crippen LogP contribution in [0.3, 0.4) is 0 Å². The molecular formula is C8H14N2O. The van der Waals surface area contributed by atoms with Gasteiger partial charge in [-0.1, -0.05) is 0 Å². The van der Waals surface area contributed by atoms with Gasteiger partial charge in [0.15, 0.2) is 0 Å². The molecule has 11 heavy (non-hydrogen) atoms. The van der Waals surface area contributed by atoms with Crippen molar-refractivity contribution in [1.82, 2.24) is 10.2 Å². The maximum absolute atomic E-state index is 11.2. The zero-order valence-electron chi connectivity index (χ0n) is 7.22. The quantitative estimate of drug-likeness (QED) is 0.560. The van der Waals surface area contributed by atoms with Crippen molar-refractivity contribution in [2.75, 3.05) is 6.54 Å². The first-order chi connectivity index (χ1) is 5.02. The van der Waals surface area contributed by atoms with E-state index in [2.05, 4.69) is 5.32 Å². The van der Waals surface area contributed by atoms with Gasteiger partial charge >= 0.3 is 6.03 Å². The first kappa shape index (κ1) is 8.11. The van der Waals surface area contributed by atoms with Crippen LogP contribution in [0.15, 0.2) is 12.3 Å². The Morgan fingerprint density at radius 1 is 1.55 bits per heavy atom. The summed E-state index contributed by atoms with van der Waals surface area (Å²) in [5.74, 6) is 0. The van der Waals surface area contributed by atoms with Crippen LogP contribution in [-0.2, 0) is 0 Å². The fourth-order valence-corrected chi connectivity index (χ4v) is 1.03. The second-order valence-electron chi connectivity index (χ2n) is 3.63. The van der Waals surface area contributed by atoms with Crippen molar-refractivity contribution in [3.63, 3.8) is 0 Å². The molecule has 0 atom stereocenters. The zero-order chi connectivity index (χ0) is 8.48. The first-order valence-electron chi connectivity index (χ1n) is 3.75. The zero-order valence-corrected chi connectivity index (χ0v) is 7.22. The summed E-state index contributed by atoms with van der Waals surface area (Å²) in [6.07, 6.45) is 3.62. The fraction of sp³-hybridized carbons (Fsp3) is 0.625. The van der Waals surface area contributed by atoms with Crippen LogP contribution >= 0.6 is 0 Å². The van der Waals surface area contributed by atoms with Gasteiger partial charge < -0.3 is 10.2 Å². The Morgan fingerprint density at radius 2 is 2.18 bits per heavy atom. The van der Waals surface area contributed by atoms with Crippen LogP contribution in [0.5, 0.6) is 0 Å². The molecule has 1 aliphatic rings. The van der Waals surface area contributed by atoms with Gasteiger partial charge in [0.1, 0.15) is 0 Å². The molecule has 0 aromatic carbocycles. The third-order valence-corrected chi connectivity index (χ3v) is 1.67. The summed E-state index contributed by atoms with van der Waals surface area (Å²) in [7, 11) is 0. The van der Waals surface area contributed by atoms with E-state index in [1.165, 1.54) is 0 Å². The summed E-state index contributed by atoms with van der Waals surface area (Å²) in [5.41, 5.74) is -0.0884. The van der Waals surface area contributed by atoms with Crippen LogP contribution in [-0.4, -0.2) is 23.0 Å². The molecule has 0 aromatic rings. The van der Waals surface area contributed by atoms with E-state index < -0.39 is 0 Å². The van der Waals surface area contributed by atoms with E-state index in [4.69, 9.17) is 0 Å². The molecule has 0 radical (unpaired) electrons. The first-order valence-corrected chi connectivity index (χ1v) is 3.75. The van der Waals surface area contributed by atoms with Gasteiger partial charge in [-0.25, -0.2) is 4.79 Å². The van der Waals surface area contributed by atoms with E-state index >= 15 is 0 Å². The van der Waals surface area contributed by atoms with E-state index in [0.717, 1.165) is 0 Å². The third-order valence-electron chi connectivity index (χ3n) is 1.67. The molecule has 0 aliphatic carbocycles. The van der Waals surface area contributed by atoms with Crippen LogP contribution < -0.4 is 5.32 Å². The lowest BCUT2D eigenvalue weighted by Crippen LogP contribution is -2.51. The number of hydrogen-bond donors (Lipinski definition) is 1. The van der Waals surface area contributed by atoms with Crippen LogP contribution in [0.1, 0.15) is 20.8 Å². The largest absolute Gasteiger partial charge is 0.322 e. The van der Waals surface area contributed by atoms with Crippen molar-refractivity contribution < 1.29 is 4.79 Å². The number of rotatable bonds is 0. The molecule has 0 saturated heterocycles. The molecule has 0 spiro atoms. The van der Waals surface area contributed by atoms with Crippen LogP contribution in [0.2, 0.25) is 0 Å². The highest BCUT2D eigenvalue weighted by Gasteiger charge is 2.26. The Labute approximate surface area is 67.1 Å². The Bertz CT molecular complexity index is 191. The minimum absolute atomic E-state index is 0.0139. The standard InChI is InChI=1S/C8H14N2O/c1-8(2,3)10-6-4-5-9-7(10)11/h4-5H,6H2,1-3H3,(H,9,11). The van der Waals surface area contributed by atoms with Gasteiger partial charge in [-0.05, 0) is 26.8 Å². The third kappa shape index (κ3) is 1.73. The van der Waals surface area contributed by atoms with Crippen molar-refractivity contribution in [3.05, 3.63) is 12.3 Å². The summed E-state index contributed by atoms with van der Waals surface area (Å²) in [4.78, 5) is 13.0. The van der Waals surface area contributed by atoms with Gasteiger partial charge in [-0.15, -0.1) is 0 Å². The highest BCUT2D eigenvalue weighted by atomic mass is 16.2. The number of urea groups is 1. The lowest BCUT2D eigenvalue weighted by molar-refractivity contribution is 0.154. The Morgan fingerprint density at radius 3 is 2.55 bits per heavy atom. The van der Waals surface area contributed by atoms with Crippen molar-refractivity contribution >= 4 is 6.03 Å². The SMILES string of the molecule is CC(C)(C)N1CC=CNC1=O. The number of nitrogens with zero attached hydrogens (tertiary/aromatic N) is 1. The summed E-state index contributed by atoms with van der Waals surface area (Å²) >= 11 is 0. The molecule has 1 N–H and O–H groups in total. The molecule has 1 heterocycles. The van der Waals surface area contributed by atoms with E-state index in [1.54, 1.807) is 11.1 Å². The topological polar surface area (TPSA) is 32.3 Å². The van der Waals surface area contributed by atoms with E-state index in [1.807, 2.05) is 26.8 Å². The summed E-state index contributed by atoms with van der Waals surface area (Å²) in [6, 6.07) is -0.0139. The minimum Gasteiger partial charge on any atom is -0.316 e. The van der Waals surface area contributed by atoms with Crippen LogP contribution in [0, 0.1) is 0 Å². The normalized spacial score (nSPS) is 18.5. The average Bonchev–Trinajstić information content (AvgIpc) is 1.86. The fourth-order valence-electron chi connectivity index (χ4n) is 1.03. The van der Waals surface area contributed by atoms with Gasteiger partial charge in [-0.3, -0.25) is 0 Å². The van der Waals surface area contributed by atoms with Crippen molar-refractivity contribution in [3.8, 4) is 0 Å². The molecule has 3 nitrogen and oxygen atoms in total. The van der Waals surface area contributed by atoms with Gasteiger partial charge in [0.05, 0.1) is 0 Å². The Kier molecular flexibility index (Phi) is 1.89. The van der Waals surface area contributed by atoms with E-state index in [0.29, 0.717) is 6.54 Å². The summed E-state index contributed by atoms with van der Waals surface area (Å²) in [6.45, 7) is 6.76. The van der Waals surface area contributed by atoms with E-state index in [9.17, 15) is 4.79 Å². The molecule has 0 unspecified atom stereocenters. The Balaban J connectivity index is 2.72. The monoisotopic (exact) mass is 154 g/mol. The molecule has 0 aromatic heterocycles. The molecule has 1 aliphatic heterocycles. The number of hydrogen-bond acceptors (Lipinski definition) is 1. The number of amides is 2. The molecule has 62 valence electrons. The Hall–Kier alpha value is -0.990. The summed E-state index contributed by atoms with van der Waals surface area (Å²) in [5, 5.41) is 2.65. The lowest BCUT2D eigenvalue weighted by atomic mass is 10.1. The second-order valence-corrected chi connectivity index (χ2v) is 3.63. The predicted molar refractivity (Wildman–Crippen MR) is 44.1 cm³/mol. The van der Waals surface area contributed by atoms with Gasteiger partial charge in [0.2, 0.25) is 0 Å². The van der Waals surface area contributed by atoms with Gasteiger partial charge in [-0.2, -0.15) is 0 Å². The maximum Gasteiger partial charge on any atom is 0.322 e. The molecule has 2 amide bonds. The number of nitrogens with one attached hydrogen (secondary N) is 1. The van der Waals surface area contributed by atoms with Crippen molar-refractivity contribution in [1.29, 1.82) is 0 Å².